The van der Waals surface area contributed by atoms with Crippen molar-refractivity contribution in [2.45, 2.75) is 63.4 Å². The summed E-state index contributed by atoms with van der Waals surface area (Å²) in [5.74, 6) is 2.07. The number of ether oxygens (including phenoxy) is 3. The van der Waals surface area contributed by atoms with Crippen LogP contribution < -0.4 is 14.2 Å². The van der Waals surface area contributed by atoms with Crippen LogP contribution in [0.15, 0.2) is 36.7 Å². The van der Waals surface area contributed by atoms with Gasteiger partial charge in [-0.2, -0.15) is 13.2 Å². The summed E-state index contributed by atoms with van der Waals surface area (Å²) in [6.07, 6.45) is 1.18. The van der Waals surface area contributed by atoms with Crippen LogP contribution in [0.3, 0.4) is 0 Å². The number of nitrogens with one attached hydrogen (secondary N) is 1. The van der Waals surface area contributed by atoms with E-state index in [1.165, 1.54) is 20.3 Å². The first kappa shape index (κ1) is 25.8. The number of aromatic amines is 1. The van der Waals surface area contributed by atoms with Gasteiger partial charge in [0.25, 0.3) is 0 Å². The van der Waals surface area contributed by atoms with Gasteiger partial charge in [-0.05, 0) is 56.4 Å². The molecule has 0 unspecified atom stereocenters. The molecule has 1 fully saturated rings. The molecule has 194 valence electrons. The third kappa shape index (κ3) is 5.42. The standard InChI is InChI=1S/C26H29F4N3O3/c1-4-25(27)11-9-16(10-12-25)24-32-14-20(33-24)19-7-8-21(23(35-3)22(19)34-2)36-15-18-6-5-17(13-31-18)26(28,29)30/h5-8,13-14,16H,4,9-12,15H2,1-3H3,(H,32,33). The van der Waals surface area contributed by atoms with Gasteiger partial charge in [-0.3, -0.25) is 4.98 Å². The summed E-state index contributed by atoms with van der Waals surface area (Å²) >= 11 is 0. The molecule has 4 rings (SSSR count). The highest BCUT2D eigenvalue weighted by Crippen LogP contribution is 2.45. The van der Waals surface area contributed by atoms with Crippen molar-refractivity contribution in [3.63, 3.8) is 0 Å². The lowest BCUT2D eigenvalue weighted by Crippen LogP contribution is -2.28. The molecule has 0 amide bonds. The van der Waals surface area contributed by atoms with Crippen LogP contribution in [-0.4, -0.2) is 34.8 Å². The Kier molecular flexibility index (Phi) is 7.42. The lowest BCUT2D eigenvalue weighted by atomic mass is 9.78. The molecule has 0 saturated heterocycles. The van der Waals surface area contributed by atoms with Crippen LogP contribution in [0.25, 0.3) is 11.3 Å². The second-order valence-corrected chi connectivity index (χ2v) is 8.95. The highest BCUT2D eigenvalue weighted by Gasteiger charge is 2.35. The van der Waals surface area contributed by atoms with Gasteiger partial charge in [0.05, 0.1) is 31.2 Å². The Morgan fingerprint density at radius 3 is 2.36 bits per heavy atom. The molecule has 6 nitrogen and oxygen atoms in total. The molecule has 36 heavy (non-hydrogen) atoms. The van der Waals surface area contributed by atoms with Crippen LogP contribution in [0.4, 0.5) is 17.6 Å². The van der Waals surface area contributed by atoms with Gasteiger partial charge in [0, 0.05) is 23.9 Å². The Balaban J connectivity index is 1.51. The summed E-state index contributed by atoms with van der Waals surface area (Å²) in [5, 5.41) is 0. The summed E-state index contributed by atoms with van der Waals surface area (Å²) in [6.45, 7) is 1.83. The average molecular weight is 508 g/mol. The van der Waals surface area contributed by atoms with Gasteiger partial charge >= 0.3 is 6.18 Å². The fourth-order valence-electron chi connectivity index (χ4n) is 4.53. The van der Waals surface area contributed by atoms with Gasteiger partial charge < -0.3 is 19.2 Å². The number of H-pyrrole nitrogens is 1. The molecule has 0 aliphatic heterocycles. The topological polar surface area (TPSA) is 69.3 Å². The van der Waals surface area contributed by atoms with E-state index in [0.29, 0.717) is 53.5 Å². The summed E-state index contributed by atoms with van der Waals surface area (Å²) in [7, 11) is 2.97. The van der Waals surface area contributed by atoms with Crippen molar-refractivity contribution in [1.29, 1.82) is 0 Å². The monoisotopic (exact) mass is 507 g/mol. The van der Waals surface area contributed by atoms with E-state index < -0.39 is 17.4 Å². The predicted octanol–water partition coefficient (Wildman–Crippen LogP) is 6.86. The minimum atomic E-state index is -4.45. The molecule has 0 spiro atoms. The fraction of sp³-hybridized carbons (Fsp3) is 0.462. The zero-order valence-electron chi connectivity index (χ0n) is 20.4. The Hall–Kier alpha value is -3.30. The Labute approximate surface area is 207 Å². The Morgan fingerprint density at radius 1 is 1.06 bits per heavy atom. The average Bonchev–Trinajstić information content (AvgIpc) is 3.37. The van der Waals surface area contributed by atoms with E-state index >= 15 is 0 Å². The van der Waals surface area contributed by atoms with Gasteiger partial charge in [-0.1, -0.05) is 6.92 Å². The molecule has 3 aromatic rings. The van der Waals surface area contributed by atoms with Gasteiger partial charge in [0.2, 0.25) is 5.75 Å². The number of methoxy groups -OCH3 is 2. The molecule has 1 N–H and O–H groups in total. The zero-order valence-corrected chi connectivity index (χ0v) is 20.4. The Morgan fingerprint density at radius 2 is 1.78 bits per heavy atom. The number of aromatic nitrogens is 3. The van der Waals surface area contributed by atoms with Gasteiger partial charge in [0.15, 0.2) is 11.5 Å². The lowest BCUT2D eigenvalue weighted by Gasteiger charge is -2.32. The largest absolute Gasteiger partial charge is 0.492 e. The highest BCUT2D eigenvalue weighted by atomic mass is 19.4. The first-order chi connectivity index (χ1) is 17.2. The van der Waals surface area contributed by atoms with Gasteiger partial charge in [-0.15, -0.1) is 0 Å². The first-order valence-electron chi connectivity index (χ1n) is 11.8. The molecule has 0 bridgehead atoms. The minimum Gasteiger partial charge on any atom is -0.492 e. The zero-order chi connectivity index (χ0) is 25.9. The maximum absolute atomic E-state index is 14.6. The van der Waals surface area contributed by atoms with E-state index in [1.807, 2.05) is 6.92 Å². The summed E-state index contributed by atoms with van der Waals surface area (Å²) in [4.78, 5) is 11.8. The van der Waals surface area contributed by atoms with Crippen molar-refractivity contribution in [2.24, 2.45) is 0 Å². The van der Waals surface area contributed by atoms with Crippen LogP contribution >= 0.6 is 0 Å². The quantitative estimate of drug-likeness (QED) is 0.337. The summed E-state index contributed by atoms with van der Waals surface area (Å²) in [6, 6.07) is 5.70. The molecule has 2 heterocycles. The smallest absolute Gasteiger partial charge is 0.417 e. The number of rotatable bonds is 8. The van der Waals surface area contributed by atoms with Gasteiger partial charge in [0.1, 0.15) is 18.1 Å². The van der Waals surface area contributed by atoms with E-state index in [1.54, 1.807) is 18.3 Å². The molecular formula is C26H29F4N3O3. The second kappa shape index (κ2) is 10.4. The van der Waals surface area contributed by atoms with Crippen LogP contribution in [-0.2, 0) is 12.8 Å². The Bertz CT molecular complexity index is 1170. The summed E-state index contributed by atoms with van der Waals surface area (Å²) in [5.41, 5.74) is -0.229. The molecule has 0 radical (unpaired) electrons. The number of pyridine rings is 1. The molecule has 1 aliphatic rings. The van der Waals surface area contributed by atoms with E-state index in [2.05, 4.69) is 9.97 Å². The summed E-state index contributed by atoms with van der Waals surface area (Å²) < 4.78 is 69.8. The number of nitrogens with zero attached hydrogens (tertiary/aromatic N) is 2. The van der Waals surface area contributed by atoms with E-state index in [0.717, 1.165) is 30.9 Å². The number of hydrogen-bond acceptors (Lipinski definition) is 5. The third-order valence-corrected chi connectivity index (χ3v) is 6.79. The fourth-order valence-corrected chi connectivity index (χ4v) is 4.53. The van der Waals surface area contributed by atoms with Crippen LogP contribution in [0.2, 0.25) is 0 Å². The molecule has 1 saturated carbocycles. The number of imidazole rings is 1. The lowest BCUT2D eigenvalue weighted by molar-refractivity contribution is -0.137. The molecule has 10 heteroatoms. The van der Waals surface area contributed by atoms with Crippen molar-refractivity contribution in [2.75, 3.05) is 14.2 Å². The highest BCUT2D eigenvalue weighted by molar-refractivity contribution is 5.74. The van der Waals surface area contributed by atoms with Gasteiger partial charge in [-0.25, -0.2) is 9.37 Å². The molecular weight excluding hydrogens is 478 g/mol. The van der Waals surface area contributed by atoms with Crippen molar-refractivity contribution < 1.29 is 31.8 Å². The number of alkyl halides is 4. The van der Waals surface area contributed by atoms with Crippen molar-refractivity contribution in [1.82, 2.24) is 15.0 Å². The normalized spacial score (nSPS) is 20.2. The maximum atomic E-state index is 14.6. The van der Waals surface area contributed by atoms with Crippen molar-refractivity contribution in [3.05, 3.63) is 53.7 Å². The molecule has 1 aromatic carbocycles. The van der Waals surface area contributed by atoms with E-state index in [-0.39, 0.29) is 12.5 Å². The molecule has 2 aromatic heterocycles. The number of benzene rings is 1. The van der Waals surface area contributed by atoms with E-state index in [9.17, 15) is 17.6 Å². The number of halogens is 4. The predicted molar refractivity (Wildman–Crippen MR) is 126 cm³/mol. The van der Waals surface area contributed by atoms with Crippen LogP contribution in [0, 0.1) is 0 Å². The second-order valence-electron chi connectivity index (χ2n) is 8.95. The van der Waals surface area contributed by atoms with Crippen LogP contribution in [0.5, 0.6) is 17.2 Å². The van der Waals surface area contributed by atoms with Crippen molar-refractivity contribution in [3.8, 4) is 28.5 Å². The molecule has 1 aliphatic carbocycles. The minimum absolute atomic E-state index is 0.0565. The SMILES string of the molecule is CCC1(F)CCC(c2nc(-c3ccc(OCc4ccc(C(F)(F)F)cn4)c(OC)c3OC)c[nH]2)CC1. The number of hydrogen-bond donors (Lipinski definition) is 1. The van der Waals surface area contributed by atoms with Crippen LogP contribution in [0.1, 0.15) is 62.0 Å². The van der Waals surface area contributed by atoms with Crippen molar-refractivity contribution >= 4 is 0 Å². The maximum Gasteiger partial charge on any atom is 0.417 e. The third-order valence-electron chi connectivity index (χ3n) is 6.79. The molecule has 0 atom stereocenters. The van der Waals surface area contributed by atoms with E-state index in [4.69, 9.17) is 19.2 Å². The first-order valence-corrected chi connectivity index (χ1v) is 11.8.